The van der Waals surface area contributed by atoms with Crippen molar-refractivity contribution < 1.29 is 14.3 Å². The van der Waals surface area contributed by atoms with Crippen molar-refractivity contribution in [1.82, 2.24) is 14.8 Å². The molecular weight excluding hydrogens is 404 g/mol. The fraction of sp³-hybridized carbons (Fsp3) is 0.120. The highest BCUT2D eigenvalue weighted by Crippen LogP contribution is 2.17. The Morgan fingerprint density at radius 2 is 1.72 bits per heavy atom. The lowest BCUT2D eigenvalue weighted by Crippen LogP contribution is -2.12. The van der Waals surface area contributed by atoms with Gasteiger partial charge in [0.15, 0.2) is 5.82 Å². The summed E-state index contributed by atoms with van der Waals surface area (Å²) in [6, 6.07) is 21.7. The zero-order valence-electron chi connectivity index (χ0n) is 17.6. The molecule has 0 bridgehead atoms. The van der Waals surface area contributed by atoms with Crippen LogP contribution in [0, 0.1) is 0 Å². The summed E-state index contributed by atoms with van der Waals surface area (Å²) >= 11 is 0. The molecule has 2 aromatic heterocycles. The molecular formula is C25H22N4O3. The van der Waals surface area contributed by atoms with E-state index in [1.807, 2.05) is 55.5 Å². The van der Waals surface area contributed by atoms with E-state index in [2.05, 4.69) is 15.4 Å². The first kappa shape index (κ1) is 21.0. The minimum absolute atomic E-state index is 0.0946. The minimum Gasteiger partial charge on any atom is -0.457 e. The molecule has 32 heavy (non-hydrogen) atoms. The van der Waals surface area contributed by atoms with Crippen molar-refractivity contribution in [3.8, 4) is 5.82 Å². The minimum atomic E-state index is -0.449. The van der Waals surface area contributed by atoms with Gasteiger partial charge in [0.25, 0.3) is 5.91 Å². The predicted octanol–water partition coefficient (Wildman–Crippen LogP) is 4.44. The van der Waals surface area contributed by atoms with E-state index in [4.69, 9.17) is 4.74 Å². The van der Waals surface area contributed by atoms with Crippen LogP contribution in [-0.4, -0.2) is 26.6 Å². The second-order valence-corrected chi connectivity index (χ2v) is 7.05. The van der Waals surface area contributed by atoms with Crippen molar-refractivity contribution >= 4 is 17.6 Å². The summed E-state index contributed by atoms with van der Waals surface area (Å²) in [6.45, 7) is 2.05. The summed E-state index contributed by atoms with van der Waals surface area (Å²) < 4.78 is 7.14. The molecule has 7 heteroatoms. The number of amides is 1. The normalized spacial score (nSPS) is 10.5. The van der Waals surface area contributed by atoms with E-state index in [0.717, 1.165) is 16.9 Å². The fourth-order valence-electron chi connectivity index (χ4n) is 3.26. The van der Waals surface area contributed by atoms with Gasteiger partial charge in [-0.05, 0) is 48.4 Å². The molecule has 7 nitrogen and oxygen atoms in total. The van der Waals surface area contributed by atoms with Gasteiger partial charge in [0.1, 0.15) is 12.2 Å². The number of anilines is 1. The lowest BCUT2D eigenvalue weighted by Gasteiger charge is -2.08. The second-order valence-electron chi connectivity index (χ2n) is 7.05. The maximum absolute atomic E-state index is 12.7. The van der Waals surface area contributed by atoms with Gasteiger partial charge in [-0.15, -0.1) is 0 Å². The third-order valence-electron chi connectivity index (χ3n) is 4.91. The van der Waals surface area contributed by atoms with E-state index in [9.17, 15) is 9.59 Å². The molecule has 4 aromatic rings. The van der Waals surface area contributed by atoms with Crippen molar-refractivity contribution in [2.24, 2.45) is 0 Å². The van der Waals surface area contributed by atoms with Gasteiger partial charge >= 0.3 is 5.97 Å². The monoisotopic (exact) mass is 426 g/mol. The number of hydrogen-bond acceptors (Lipinski definition) is 5. The maximum atomic E-state index is 12.7. The molecule has 0 fully saturated rings. The maximum Gasteiger partial charge on any atom is 0.341 e. The Hall–Kier alpha value is -4.26. The van der Waals surface area contributed by atoms with Crippen molar-refractivity contribution in [3.63, 3.8) is 0 Å². The number of hydrogen-bond donors (Lipinski definition) is 1. The zero-order chi connectivity index (χ0) is 22.3. The van der Waals surface area contributed by atoms with Crippen LogP contribution >= 0.6 is 0 Å². The van der Waals surface area contributed by atoms with Crippen LogP contribution in [0.15, 0.2) is 85.2 Å². The molecule has 0 spiro atoms. The third-order valence-corrected chi connectivity index (χ3v) is 4.91. The number of ether oxygens (including phenoxy) is 1. The third kappa shape index (κ3) is 4.73. The summed E-state index contributed by atoms with van der Waals surface area (Å²) in [5.74, 6) is -0.00281. The molecule has 0 aliphatic carbocycles. The number of aromatic nitrogens is 3. The van der Waals surface area contributed by atoms with Crippen LogP contribution in [0.4, 0.5) is 5.69 Å². The summed E-state index contributed by atoms with van der Waals surface area (Å²) in [7, 11) is 0. The SMILES string of the molecule is CCc1c(C(=O)OCc2ccc(C(=O)Nc3ccccc3)cc2)cnn1-c1ccccn1. The molecule has 1 amide bonds. The van der Waals surface area contributed by atoms with Gasteiger partial charge < -0.3 is 10.1 Å². The quantitative estimate of drug-likeness (QED) is 0.442. The van der Waals surface area contributed by atoms with Gasteiger partial charge in [0.2, 0.25) is 0 Å². The molecule has 0 atom stereocenters. The molecule has 0 saturated heterocycles. The summed E-state index contributed by atoms with van der Waals surface area (Å²) in [5, 5.41) is 7.15. The largest absolute Gasteiger partial charge is 0.457 e. The number of rotatable bonds is 7. The van der Waals surface area contributed by atoms with Crippen LogP contribution in [0.5, 0.6) is 0 Å². The molecule has 0 radical (unpaired) electrons. The van der Waals surface area contributed by atoms with E-state index in [0.29, 0.717) is 23.4 Å². The lowest BCUT2D eigenvalue weighted by molar-refractivity contribution is 0.0471. The summed E-state index contributed by atoms with van der Waals surface area (Å²) in [4.78, 5) is 29.3. The van der Waals surface area contributed by atoms with E-state index >= 15 is 0 Å². The van der Waals surface area contributed by atoms with E-state index in [1.165, 1.54) is 6.20 Å². The van der Waals surface area contributed by atoms with Crippen LogP contribution in [0.25, 0.3) is 5.82 Å². The molecule has 0 saturated carbocycles. The molecule has 0 aliphatic heterocycles. The Bertz CT molecular complexity index is 1200. The van der Waals surface area contributed by atoms with Gasteiger partial charge in [-0.1, -0.05) is 43.3 Å². The molecule has 160 valence electrons. The Balaban J connectivity index is 1.39. The van der Waals surface area contributed by atoms with Gasteiger partial charge in [-0.25, -0.2) is 14.5 Å². The van der Waals surface area contributed by atoms with Gasteiger partial charge in [0.05, 0.1) is 11.9 Å². The van der Waals surface area contributed by atoms with E-state index < -0.39 is 5.97 Å². The van der Waals surface area contributed by atoms with Crippen LogP contribution in [-0.2, 0) is 17.8 Å². The smallest absolute Gasteiger partial charge is 0.341 e. The van der Waals surface area contributed by atoms with Crippen LogP contribution < -0.4 is 5.32 Å². The number of nitrogens with zero attached hydrogens (tertiary/aromatic N) is 3. The van der Waals surface area contributed by atoms with Gasteiger partial charge in [0, 0.05) is 17.4 Å². The average Bonchev–Trinajstić information content (AvgIpc) is 3.28. The van der Waals surface area contributed by atoms with Crippen LogP contribution in [0.1, 0.15) is 38.9 Å². The van der Waals surface area contributed by atoms with Crippen LogP contribution in [0.2, 0.25) is 0 Å². The van der Waals surface area contributed by atoms with Gasteiger partial charge in [-0.3, -0.25) is 4.79 Å². The number of benzene rings is 2. The Morgan fingerprint density at radius 3 is 2.41 bits per heavy atom. The standard InChI is InChI=1S/C25H22N4O3/c1-2-22-21(16-27-29(22)23-10-6-7-15-26-23)25(31)32-17-18-11-13-19(14-12-18)24(30)28-20-8-4-3-5-9-20/h3-16H,2,17H2,1H3,(H,28,30). The number of carbonyl (C=O) groups is 2. The highest BCUT2D eigenvalue weighted by Gasteiger charge is 2.19. The van der Waals surface area contributed by atoms with E-state index in [-0.39, 0.29) is 12.5 Å². The summed E-state index contributed by atoms with van der Waals surface area (Å²) in [5.41, 5.74) is 3.19. The zero-order valence-corrected chi connectivity index (χ0v) is 17.6. The Labute approximate surface area is 185 Å². The summed E-state index contributed by atoms with van der Waals surface area (Å²) in [6.07, 6.45) is 3.79. The molecule has 4 rings (SSSR count). The highest BCUT2D eigenvalue weighted by molar-refractivity contribution is 6.04. The number of esters is 1. The Morgan fingerprint density at radius 1 is 0.969 bits per heavy atom. The van der Waals surface area contributed by atoms with Crippen LogP contribution in [0.3, 0.4) is 0 Å². The van der Waals surface area contributed by atoms with Crippen molar-refractivity contribution in [3.05, 3.63) is 108 Å². The number of carbonyl (C=O) groups excluding carboxylic acids is 2. The number of nitrogens with one attached hydrogen (secondary N) is 1. The van der Waals surface area contributed by atoms with Crippen molar-refractivity contribution in [2.45, 2.75) is 20.0 Å². The number of para-hydroxylation sites is 1. The first-order valence-electron chi connectivity index (χ1n) is 10.3. The predicted molar refractivity (Wildman–Crippen MR) is 121 cm³/mol. The Kier molecular flexibility index (Phi) is 6.36. The fourth-order valence-corrected chi connectivity index (χ4v) is 3.26. The second kappa shape index (κ2) is 9.70. The van der Waals surface area contributed by atoms with Crippen molar-refractivity contribution in [1.29, 1.82) is 0 Å². The molecule has 2 aromatic carbocycles. The molecule has 0 unspecified atom stereocenters. The van der Waals surface area contributed by atoms with Crippen molar-refractivity contribution in [2.75, 3.05) is 5.32 Å². The number of pyridine rings is 1. The molecule has 0 aliphatic rings. The first-order valence-corrected chi connectivity index (χ1v) is 10.3. The molecule has 2 heterocycles. The lowest BCUT2D eigenvalue weighted by atomic mass is 10.1. The average molecular weight is 426 g/mol. The molecule has 1 N–H and O–H groups in total. The van der Waals surface area contributed by atoms with E-state index in [1.54, 1.807) is 35.1 Å². The first-order chi connectivity index (χ1) is 15.7. The highest BCUT2D eigenvalue weighted by atomic mass is 16.5. The topological polar surface area (TPSA) is 86.1 Å². The van der Waals surface area contributed by atoms with Gasteiger partial charge in [-0.2, -0.15) is 5.10 Å².